The van der Waals surface area contributed by atoms with Crippen molar-refractivity contribution in [1.29, 1.82) is 0 Å². The highest BCUT2D eigenvalue weighted by atomic mass is 16.4. The third-order valence-electron chi connectivity index (χ3n) is 3.25. The van der Waals surface area contributed by atoms with E-state index in [0.717, 1.165) is 31.2 Å². The fraction of sp³-hybridized carbons (Fsp3) is 0.750. The van der Waals surface area contributed by atoms with Crippen LogP contribution in [0, 0.1) is 5.92 Å². The molecule has 1 aliphatic heterocycles. The van der Waals surface area contributed by atoms with Gasteiger partial charge in [0.25, 0.3) is 0 Å². The molecule has 0 aliphatic carbocycles. The van der Waals surface area contributed by atoms with E-state index < -0.39 is 0 Å². The van der Waals surface area contributed by atoms with Crippen LogP contribution >= 0.6 is 0 Å². The summed E-state index contributed by atoms with van der Waals surface area (Å²) >= 11 is 0. The van der Waals surface area contributed by atoms with Gasteiger partial charge in [-0.25, -0.2) is 4.98 Å². The van der Waals surface area contributed by atoms with Gasteiger partial charge in [0.15, 0.2) is 5.89 Å². The first-order chi connectivity index (χ1) is 7.79. The number of hydrogen-bond acceptors (Lipinski definition) is 4. The average molecular weight is 224 g/mol. The van der Waals surface area contributed by atoms with E-state index >= 15 is 0 Å². The zero-order valence-electron chi connectivity index (χ0n) is 9.78. The summed E-state index contributed by atoms with van der Waals surface area (Å²) in [7, 11) is 0. The van der Waals surface area contributed by atoms with Crippen molar-refractivity contribution < 1.29 is 9.52 Å². The van der Waals surface area contributed by atoms with Crippen molar-refractivity contribution in [2.45, 2.75) is 32.1 Å². The lowest BCUT2D eigenvalue weighted by atomic mass is 9.95. The predicted molar refractivity (Wildman–Crippen MR) is 61.3 cm³/mol. The molecule has 2 rings (SSSR count). The van der Waals surface area contributed by atoms with Crippen LogP contribution in [0.1, 0.15) is 37.3 Å². The predicted octanol–water partition coefficient (Wildman–Crippen LogP) is 1.31. The van der Waals surface area contributed by atoms with Crippen molar-refractivity contribution >= 4 is 0 Å². The molecule has 0 aromatic carbocycles. The molecule has 1 saturated heterocycles. The van der Waals surface area contributed by atoms with Crippen LogP contribution in [0.3, 0.4) is 0 Å². The second-order valence-electron chi connectivity index (χ2n) is 4.64. The Balaban J connectivity index is 1.91. The van der Waals surface area contributed by atoms with Crippen molar-refractivity contribution in [3.05, 3.63) is 17.8 Å². The summed E-state index contributed by atoms with van der Waals surface area (Å²) in [4.78, 5) is 4.28. The lowest BCUT2D eigenvalue weighted by Crippen LogP contribution is -2.28. The van der Waals surface area contributed by atoms with Crippen LogP contribution in [0.2, 0.25) is 0 Å². The molecule has 2 heterocycles. The lowest BCUT2D eigenvalue weighted by molar-refractivity contribution is 0.253. The van der Waals surface area contributed by atoms with Crippen molar-refractivity contribution in [3.8, 4) is 0 Å². The number of nitrogens with zero attached hydrogens (tertiary/aromatic N) is 1. The molecule has 4 heteroatoms. The van der Waals surface area contributed by atoms with Crippen LogP contribution < -0.4 is 5.32 Å². The monoisotopic (exact) mass is 224 g/mol. The van der Waals surface area contributed by atoms with Crippen molar-refractivity contribution in [1.82, 2.24) is 10.3 Å². The molecule has 0 radical (unpaired) electrons. The van der Waals surface area contributed by atoms with E-state index in [2.05, 4.69) is 10.3 Å². The molecule has 2 N–H and O–H groups in total. The molecular weight excluding hydrogens is 204 g/mol. The Morgan fingerprint density at radius 3 is 3.00 bits per heavy atom. The maximum atomic E-state index is 9.02. The highest BCUT2D eigenvalue weighted by Gasteiger charge is 2.17. The van der Waals surface area contributed by atoms with Gasteiger partial charge in [0.2, 0.25) is 0 Å². The van der Waals surface area contributed by atoms with Gasteiger partial charge in [-0.1, -0.05) is 6.92 Å². The Kier molecular flexibility index (Phi) is 3.96. The zero-order valence-corrected chi connectivity index (χ0v) is 9.78. The fourth-order valence-corrected chi connectivity index (χ4v) is 2.07. The number of aliphatic hydroxyl groups is 1. The largest absolute Gasteiger partial charge is 0.445 e. The van der Waals surface area contributed by atoms with E-state index in [1.807, 2.05) is 6.92 Å². The van der Waals surface area contributed by atoms with E-state index in [0.29, 0.717) is 5.92 Å². The van der Waals surface area contributed by atoms with Gasteiger partial charge in [0, 0.05) is 12.3 Å². The molecule has 1 atom stereocenters. The average Bonchev–Trinajstić information content (AvgIpc) is 2.78. The van der Waals surface area contributed by atoms with E-state index in [9.17, 15) is 0 Å². The molecule has 0 bridgehead atoms. The minimum Gasteiger partial charge on any atom is -0.445 e. The molecule has 90 valence electrons. The normalized spacial score (nSPS) is 19.9. The maximum Gasteiger partial charge on any atom is 0.194 e. The third-order valence-corrected chi connectivity index (χ3v) is 3.25. The second kappa shape index (κ2) is 5.46. The number of piperidine rings is 1. The third kappa shape index (κ3) is 2.83. The fourth-order valence-electron chi connectivity index (χ4n) is 2.07. The summed E-state index contributed by atoms with van der Waals surface area (Å²) in [6, 6.07) is 0. The highest BCUT2D eigenvalue weighted by Crippen LogP contribution is 2.20. The number of aromatic nitrogens is 1. The van der Waals surface area contributed by atoms with Gasteiger partial charge >= 0.3 is 0 Å². The number of nitrogens with one attached hydrogen (secondary N) is 1. The second-order valence-corrected chi connectivity index (χ2v) is 4.64. The minimum absolute atomic E-state index is 0.0503. The van der Waals surface area contributed by atoms with E-state index in [1.54, 1.807) is 6.20 Å². The quantitative estimate of drug-likeness (QED) is 0.809. The molecule has 1 fully saturated rings. The van der Waals surface area contributed by atoms with Crippen molar-refractivity contribution in [2.75, 3.05) is 19.7 Å². The first-order valence-corrected chi connectivity index (χ1v) is 6.05. The Labute approximate surface area is 96.1 Å². The van der Waals surface area contributed by atoms with Crippen molar-refractivity contribution in [2.24, 2.45) is 5.92 Å². The zero-order chi connectivity index (χ0) is 11.4. The van der Waals surface area contributed by atoms with E-state index in [1.165, 1.54) is 12.8 Å². The van der Waals surface area contributed by atoms with Gasteiger partial charge in [-0.15, -0.1) is 0 Å². The van der Waals surface area contributed by atoms with Crippen molar-refractivity contribution in [3.63, 3.8) is 0 Å². The van der Waals surface area contributed by atoms with Crippen LogP contribution in [-0.2, 0) is 6.42 Å². The number of aliphatic hydroxyl groups excluding tert-OH is 1. The summed E-state index contributed by atoms with van der Waals surface area (Å²) in [5.41, 5.74) is 0. The summed E-state index contributed by atoms with van der Waals surface area (Å²) in [5, 5.41) is 12.4. The summed E-state index contributed by atoms with van der Waals surface area (Å²) in [6.07, 6.45) is 5.08. The van der Waals surface area contributed by atoms with Gasteiger partial charge in [-0.2, -0.15) is 0 Å². The Morgan fingerprint density at radius 2 is 2.31 bits per heavy atom. The lowest BCUT2D eigenvalue weighted by Gasteiger charge is -2.20. The molecule has 0 spiro atoms. The number of hydrogen-bond donors (Lipinski definition) is 2. The van der Waals surface area contributed by atoms with Gasteiger partial charge < -0.3 is 14.8 Å². The molecule has 1 aromatic heterocycles. The molecule has 1 aliphatic rings. The van der Waals surface area contributed by atoms with Crippen LogP contribution in [0.4, 0.5) is 0 Å². The Hall–Kier alpha value is -0.870. The smallest absolute Gasteiger partial charge is 0.194 e. The maximum absolute atomic E-state index is 9.02. The number of oxazole rings is 1. The summed E-state index contributed by atoms with van der Waals surface area (Å²) in [6.45, 7) is 4.26. The van der Waals surface area contributed by atoms with Gasteiger partial charge in [0.1, 0.15) is 5.76 Å². The van der Waals surface area contributed by atoms with Crippen LogP contribution in [-0.4, -0.2) is 29.8 Å². The van der Waals surface area contributed by atoms with Crippen LogP contribution in [0.15, 0.2) is 10.6 Å². The molecule has 1 aromatic rings. The highest BCUT2D eigenvalue weighted by molar-refractivity contribution is 5.01. The first kappa shape index (κ1) is 11.6. The minimum atomic E-state index is 0.0503. The molecular formula is C12H20N2O2. The molecule has 1 unspecified atom stereocenters. The number of rotatable bonds is 4. The first-order valence-electron chi connectivity index (χ1n) is 6.05. The molecule has 4 nitrogen and oxygen atoms in total. The van der Waals surface area contributed by atoms with Crippen LogP contribution in [0.25, 0.3) is 0 Å². The molecule has 0 saturated carbocycles. The van der Waals surface area contributed by atoms with E-state index in [-0.39, 0.29) is 12.5 Å². The Bertz CT molecular complexity index is 319. The topological polar surface area (TPSA) is 58.3 Å². The standard InChI is InChI=1S/C12H20N2O2/c1-9(8-15)11-7-14-12(16-11)6-10-2-4-13-5-3-10/h7,9-10,13,15H,2-6,8H2,1H3. The van der Waals surface area contributed by atoms with Gasteiger partial charge in [-0.05, 0) is 31.8 Å². The summed E-state index contributed by atoms with van der Waals surface area (Å²) < 4.78 is 5.65. The van der Waals surface area contributed by atoms with E-state index in [4.69, 9.17) is 9.52 Å². The SMILES string of the molecule is CC(CO)c1cnc(CC2CCNCC2)o1. The molecule has 16 heavy (non-hydrogen) atoms. The van der Waals surface area contributed by atoms with Crippen LogP contribution in [0.5, 0.6) is 0 Å². The van der Waals surface area contributed by atoms with Gasteiger partial charge in [-0.3, -0.25) is 0 Å². The summed E-state index contributed by atoms with van der Waals surface area (Å²) in [5.74, 6) is 2.36. The van der Waals surface area contributed by atoms with Gasteiger partial charge in [0.05, 0.1) is 12.8 Å². The Morgan fingerprint density at radius 1 is 1.56 bits per heavy atom. The molecule has 0 amide bonds.